The van der Waals surface area contributed by atoms with Gasteiger partial charge in [0.1, 0.15) is 5.60 Å². The molecule has 5 heteroatoms. The minimum atomic E-state index is -1.70. The van der Waals surface area contributed by atoms with E-state index in [-0.39, 0.29) is 36.5 Å². The molecule has 4 bridgehead atoms. The topological polar surface area (TPSA) is 94.8 Å². The Kier molecular flexibility index (Phi) is 2.64. The number of hydrogen-bond donors (Lipinski definition) is 3. The fourth-order valence-corrected chi connectivity index (χ4v) is 4.76. The monoisotopic (exact) mass is 302 g/mol. The van der Waals surface area contributed by atoms with E-state index in [1.165, 1.54) is 6.08 Å². The van der Waals surface area contributed by atoms with Crippen molar-refractivity contribution in [2.24, 2.45) is 11.8 Å². The van der Waals surface area contributed by atoms with E-state index in [0.717, 1.165) is 0 Å². The molecule has 4 atom stereocenters. The average Bonchev–Trinajstić information content (AvgIpc) is 2.53. The first-order valence-electron chi connectivity index (χ1n) is 7.74. The Labute approximate surface area is 127 Å². The highest BCUT2D eigenvalue weighted by Crippen LogP contribution is 2.57. The van der Waals surface area contributed by atoms with Gasteiger partial charge < -0.3 is 15.3 Å². The molecule has 2 saturated carbocycles. The molecule has 0 radical (unpaired) electrons. The van der Waals surface area contributed by atoms with Crippen molar-refractivity contribution in [3.05, 3.63) is 35.1 Å². The molecule has 2 unspecified atom stereocenters. The first-order valence-corrected chi connectivity index (χ1v) is 7.74. The quantitative estimate of drug-likeness (QED) is 0.623. The van der Waals surface area contributed by atoms with Gasteiger partial charge in [-0.15, -0.1) is 0 Å². The molecule has 0 aromatic carbocycles. The molecule has 0 saturated heterocycles. The van der Waals surface area contributed by atoms with Gasteiger partial charge in [-0.25, -0.2) is 0 Å². The van der Waals surface area contributed by atoms with Crippen molar-refractivity contribution in [2.75, 3.05) is 0 Å². The number of carbonyl (C=O) groups is 2. The standard InChI is InChI=1S/C17H18O5/c18-11-4-3-9-8-10-2-1-6-17(22)12(19)5-7-16(10,21)15(17)13(9)14(11)20/h3-4,8,10,15,20-22H,1-2,5-7H2/t10-,15?,16-,17?/m1/s1. The van der Waals surface area contributed by atoms with Gasteiger partial charge in [0.05, 0.1) is 11.5 Å². The number of rotatable bonds is 0. The number of ketones is 2. The van der Waals surface area contributed by atoms with Crippen LogP contribution in [0.4, 0.5) is 0 Å². The van der Waals surface area contributed by atoms with Gasteiger partial charge in [0.2, 0.25) is 5.78 Å². The number of Topliss-reactive ketones (excluding diaryl/α,β-unsaturated/α-hetero) is 1. The lowest BCUT2D eigenvalue weighted by Gasteiger charge is -2.53. The Morgan fingerprint density at radius 1 is 1.14 bits per heavy atom. The Bertz CT molecular complexity index is 685. The molecule has 5 nitrogen and oxygen atoms in total. The summed E-state index contributed by atoms with van der Waals surface area (Å²) in [5.41, 5.74) is -2.09. The van der Waals surface area contributed by atoms with Crippen LogP contribution in [0.15, 0.2) is 35.1 Å². The lowest BCUT2D eigenvalue weighted by Crippen LogP contribution is -2.63. The lowest BCUT2D eigenvalue weighted by molar-refractivity contribution is -0.175. The lowest BCUT2D eigenvalue weighted by atomic mass is 9.55. The summed E-state index contributed by atoms with van der Waals surface area (Å²) < 4.78 is 0. The summed E-state index contributed by atoms with van der Waals surface area (Å²) in [7, 11) is 0. The molecular formula is C17H18O5. The van der Waals surface area contributed by atoms with E-state index in [0.29, 0.717) is 18.4 Å². The Morgan fingerprint density at radius 2 is 1.91 bits per heavy atom. The number of fused-ring (bicyclic) bond motifs is 1. The Hall–Kier alpha value is -1.72. The number of aliphatic hydroxyl groups is 3. The Balaban J connectivity index is 2.03. The molecule has 0 heterocycles. The molecule has 116 valence electrons. The van der Waals surface area contributed by atoms with Crippen LogP contribution in [0.5, 0.6) is 0 Å². The van der Waals surface area contributed by atoms with Gasteiger partial charge in [-0.05, 0) is 37.3 Å². The van der Waals surface area contributed by atoms with Crippen LogP contribution in [-0.4, -0.2) is 38.1 Å². The predicted molar refractivity (Wildman–Crippen MR) is 76.9 cm³/mol. The van der Waals surface area contributed by atoms with Gasteiger partial charge >= 0.3 is 0 Å². The van der Waals surface area contributed by atoms with Crippen LogP contribution in [0.25, 0.3) is 0 Å². The molecule has 0 spiro atoms. The maximum atomic E-state index is 12.4. The van der Waals surface area contributed by atoms with E-state index >= 15 is 0 Å². The second kappa shape index (κ2) is 4.18. The normalized spacial score (nSPS) is 43.6. The van der Waals surface area contributed by atoms with E-state index in [2.05, 4.69) is 0 Å². The highest BCUT2D eigenvalue weighted by molar-refractivity contribution is 6.06. The molecule has 22 heavy (non-hydrogen) atoms. The fourth-order valence-electron chi connectivity index (χ4n) is 4.76. The predicted octanol–water partition coefficient (Wildman–Crippen LogP) is 1.12. The van der Waals surface area contributed by atoms with Crippen LogP contribution in [0.3, 0.4) is 0 Å². The summed E-state index contributed by atoms with van der Waals surface area (Å²) in [4.78, 5) is 24.2. The zero-order valence-corrected chi connectivity index (χ0v) is 12.1. The molecule has 4 aliphatic rings. The maximum Gasteiger partial charge on any atom is 0.220 e. The van der Waals surface area contributed by atoms with Crippen molar-refractivity contribution in [3.8, 4) is 0 Å². The van der Waals surface area contributed by atoms with Gasteiger partial charge in [0.15, 0.2) is 11.5 Å². The second-order valence-electron chi connectivity index (χ2n) is 6.85. The maximum absolute atomic E-state index is 12.4. The average molecular weight is 302 g/mol. The van der Waals surface area contributed by atoms with Gasteiger partial charge in [0, 0.05) is 17.9 Å². The molecule has 2 fully saturated rings. The van der Waals surface area contributed by atoms with Crippen molar-refractivity contribution >= 4 is 11.6 Å². The molecule has 4 aliphatic carbocycles. The summed E-state index contributed by atoms with van der Waals surface area (Å²) in [6.45, 7) is 0. The zero-order valence-electron chi connectivity index (χ0n) is 12.1. The molecular weight excluding hydrogens is 284 g/mol. The molecule has 0 aromatic rings. The largest absolute Gasteiger partial charge is 0.504 e. The van der Waals surface area contributed by atoms with Crippen molar-refractivity contribution in [3.63, 3.8) is 0 Å². The SMILES string of the molecule is O=C1C=CC2=C[C@H]3CCCC4(O)C(=O)CC[C@]3(O)C4C2=C1O. The summed E-state index contributed by atoms with van der Waals surface area (Å²) in [6.07, 6.45) is 6.71. The van der Waals surface area contributed by atoms with Gasteiger partial charge in [-0.1, -0.05) is 12.2 Å². The van der Waals surface area contributed by atoms with Crippen LogP contribution in [0.2, 0.25) is 0 Å². The first-order chi connectivity index (χ1) is 10.4. The molecule has 4 rings (SSSR count). The third kappa shape index (κ3) is 1.50. The van der Waals surface area contributed by atoms with E-state index in [9.17, 15) is 24.9 Å². The highest BCUT2D eigenvalue weighted by Gasteiger charge is 2.64. The van der Waals surface area contributed by atoms with E-state index in [1.54, 1.807) is 6.08 Å². The number of allylic oxidation sites excluding steroid dienone is 3. The van der Waals surface area contributed by atoms with Gasteiger partial charge in [0.25, 0.3) is 0 Å². The smallest absolute Gasteiger partial charge is 0.220 e. The Morgan fingerprint density at radius 3 is 2.68 bits per heavy atom. The third-order valence-corrected chi connectivity index (χ3v) is 5.81. The second-order valence-corrected chi connectivity index (χ2v) is 6.85. The molecule has 0 amide bonds. The zero-order chi connectivity index (χ0) is 15.7. The number of carbonyl (C=O) groups excluding carboxylic acids is 2. The summed E-state index contributed by atoms with van der Waals surface area (Å²) >= 11 is 0. The fraction of sp³-hybridized carbons (Fsp3) is 0.529. The highest BCUT2D eigenvalue weighted by atomic mass is 16.3. The summed E-state index contributed by atoms with van der Waals surface area (Å²) in [6, 6.07) is 0. The molecule has 0 aliphatic heterocycles. The van der Waals surface area contributed by atoms with Crippen molar-refractivity contribution in [1.82, 2.24) is 0 Å². The van der Waals surface area contributed by atoms with Crippen molar-refractivity contribution in [1.29, 1.82) is 0 Å². The van der Waals surface area contributed by atoms with Gasteiger partial charge in [-0.3, -0.25) is 9.59 Å². The first kappa shape index (κ1) is 13.9. The van der Waals surface area contributed by atoms with Crippen LogP contribution in [0.1, 0.15) is 32.1 Å². The van der Waals surface area contributed by atoms with Crippen LogP contribution in [-0.2, 0) is 9.59 Å². The van der Waals surface area contributed by atoms with E-state index in [1.807, 2.05) is 6.08 Å². The van der Waals surface area contributed by atoms with Crippen LogP contribution >= 0.6 is 0 Å². The minimum absolute atomic E-state index is 0.126. The summed E-state index contributed by atoms with van der Waals surface area (Å²) in [5.74, 6) is -2.41. The van der Waals surface area contributed by atoms with Crippen molar-refractivity contribution in [2.45, 2.75) is 43.3 Å². The van der Waals surface area contributed by atoms with Gasteiger partial charge in [-0.2, -0.15) is 0 Å². The number of hydrogen-bond acceptors (Lipinski definition) is 5. The summed E-state index contributed by atoms with van der Waals surface area (Å²) in [5, 5.41) is 32.6. The number of aliphatic hydroxyl groups excluding tert-OH is 1. The molecule has 3 N–H and O–H groups in total. The van der Waals surface area contributed by atoms with E-state index < -0.39 is 28.7 Å². The third-order valence-electron chi connectivity index (χ3n) is 5.81. The van der Waals surface area contributed by atoms with E-state index in [4.69, 9.17) is 0 Å². The van der Waals surface area contributed by atoms with Crippen molar-refractivity contribution < 1.29 is 24.9 Å². The van der Waals surface area contributed by atoms with Crippen LogP contribution in [0, 0.1) is 11.8 Å². The minimum Gasteiger partial charge on any atom is -0.504 e. The van der Waals surface area contributed by atoms with Crippen LogP contribution < -0.4 is 0 Å². The molecule has 0 aromatic heterocycles.